The van der Waals surface area contributed by atoms with Gasteiger partial charge in [0.25, 0.3) is 5.56 Å². The van der Waals surface area contributed by atoms with Crippen LogP contribution in [0.15, 0.2) is 10.9 Å². The third-order valence-corrected chi connectivity index (χ3v) is 6.50. The molecule has 1 aromatic carbocycles. The van der Waals surface area contributed by atoms with Crippen molar-refractivity contribution in [3.63, 3.8) is 0 Å². The first-order valence-electron chi connectivity index (χ1n) is 9.52. The van der Waals surface area contributed by atoms with Crippen molar-refractivity contribution in [3.05, 3.63) is 44.7 Å². The van der Waals surface area contributed by atoms with Gasteiger partial charge in [0, 0.05) is 30.3 Å². The molecule has 1 saturated heterocycles. The van der Waals surface area contributed by atoms with Gasteiger partial charge in [0.2, 0.25) is 0 Å². The molecule has 5 N–H and O–H groups in total. The minimum absolute atomic E-state index is 0. The van der Waals surface area contributed by atoms with Crippen LogP contribution in [0.3, 0.4) is 0 Å². The zero-order valence-electron chi connectivity index (χ0n) is 15.7. The lowest BCUT2D eigenvalue weighted by Crippen LogP contribution is -2.29. The van der Waals surface area contributed by atoms with Crippen molar-refractivity contribution < 1.29 is 23.8 Å². The van der Waals surface area contributed by atoms with Crippen LogP contribution in [0, 0.1) is 23.5 Å². The molecule has 30 heavy (non-hydrogen) atoms. The molecule has 3 atom stereocenters. The highest BCUT2D eigenvalue weighted by Crippen LogP contribution is 2.47. The molecular formula is C20H20ClF2N3O4. The Labute approximate surface area is 175 Å². The number of aryl methyl sites for hydroxylation is 1. The van der Waals surface area contributed by atoms with Crippen molar-refractivity contribution in [2.75, 3.05) is 18.0 Å². The van der Waals surface area contributed by atoms with E-state index in [9.17, 15) is 19.8 Å². The zero-order chi connectivity index (χ0) is 20.6. The van der Waals surface area contributed by atoms with Gasteiger partial charge in [-0.25, -0.2) is 13.6 Å². The Morgan fingerprint density at radius 1 is 1.20 bits per heavy atom. The maximum absolute atomic E-state index is 15.2. The quantitative estimate of drug-likeness (QED) is 0.568. The summed E-state index contributed by atoms with van der Waals surface area (Å²) in [6.45, 7) is 1.16. The predicted molar refractivity (Wildman–Crippen MR) is 107 cm³/mol. The number of nitrogens with two attached hydrogens (primary N) is 1. The minimum Gasteiger partial charge on any atom is -0.506 e. The molecule has 0 spiro atoms. The van der Waals surface area contributed by atoms with Crippen molar-refractivity contribution in [2.45, 2.75) is 25.3 Å². The molecule has 3 aliphatic rings. The van der Waals surface area contributed by atoms with E-state index < -0.39 is 34.5 Å². The number of rotatable bonds is 2. The number of nitrogens with one attached hydrogen (secondary N) is 1. The topological polar surface area (TPSA) is 120 Å². The van der Waals surface area contributed by atoms with E-state index in [2.05, 4.69) is 4.98 Å². The summed E-state index contributed by atoms with van der Waals surface area (Å²) < 4.78 is 30.2. The fourth-order valence-corrected chi connectivity index (χ4v) is 4.87. The lowest BCUT2D eigenvalue weighted by molar-refractivity contribution is 0.0691. The number of aromatic hydroxyl groups is 1. The summed E-state index contributed by atoms with van der Waals surface area (Å²) in [5, 5.41) is 19.5. The molecule has 2 heterocycles. The molecule has 0 bridgehead atoms. The number of aromatic amines is 1. The average molecular weight is 440 g/mol. The zero-order valence-corrected chi connectivity index (χ0v) is 16.6. The summed E-state index contributed by atoms with van der Waals surface area (Å²) >= 11 is 0. The summed E-state index contributed by atoms with van der Waals surface area (Å²) in [5.74, 6) is -3.79. The van der Waals surface area contributed by atoms with Crippen molar-refractivity contribution in [2.24, 2.45) is 17.6 Å². The SMILES string of the molecule is Cl.NC1[C@H]2CN(c3cc4c(c(F)c3F)-c3[nH]c(=O)c(C(=O)O)c(O)c3CCC4)C[C@@H]12. The second kappa shape index (κ2) is 6.95. The Kier molecular flexibility index (Phi) is 4.78. The number of benzene rings is 1. The fourth-order valence-electron chi connectivity index (χ4n) is 4.87. The van der Waals surface area contributed by atoms with Crippen LogP contribution < -0.4 is 16.2 Å². The number of fused-ring (bicyclic) bond motifs is 4. The van der Waals surface area contributed by atoms with E-state index in [1.165, 1.54) is 0 Å². The predicted octanol–water partition coefficient (Wildman–Crippen LogP) is 2.03. The second-order valence-electron chi connectivity index (χ2n) is 8.06. The molecule has 2 fully saturated rings. The molecule has 1 aromatic heterocycles. The standard InChI is InChI=1S/C20H19F2N3O4.ClH/c21-14-11(25-5-9-10(6-25)16(9)23)4-7-2-1-3-8-17(12(7)15(14)22)24-19(27)13(18(8)26)20(28)29;/h4,9-10,16H,1-3,5-6,23H2,(H,28,29)(H2,24,26,27);1H/t9-,10+,16?;. The van der Waals surface area contributed by atoms with Crippen molar-refractivity contribution in [1.82, 2.24) is 4.98 Å². The number of aromatic carboxylic acids is 1. The van der Waals surface area contributed by atoms with Gasteiger partial charge in [-0.2, -0.15) is 0 Å². The van der Waals surface area contributed by atoms with Crippen LogP contribution in [-0.2, 0) is 12.8 Å². The van der Waals surface area contributed by atoms with Crippen LogP contribution in [0.2, 0.25) is 0 Å². The number of piperidine rings is 1. The molecule has 160 valence electrons. The Morgan fingerprint density at radius 3 is 2.50 bits per heavy atom. The van der Waals surface area contributed by atoms with Crippen molar-refractivity contribution in [1.29, 1.82) is 0 Å². The first kappa shape index (κ1) is 20.6. The molecule has 1 aliphatic heterocycles. The number of nitrogens with zero attached hydrogens (tertiary/aromatic N) is 1. The number of carbonyl (C=O) groups is 1. The minimum atomic E-state index is -1.58. The lowest BCUT2D eigenvalue weighted by atomic mass is 9.97. The summed E-state index contributed by atoms with van der Waals surface area (Å²) in [5.41, 5.74) is 4.71. The van der Waals surface area contributed by atoms with Gasteiger partial charge in [0.05, 0.1) is 11.4 Å². The van der Waals surface area contributed by atoms with E-state index >= 15 is 8.78 Å². The highest BCUT2D eigenvalue weighted by atomic mass is 35.5. The Hall–Kier alpha value is -2.65. The molecule has 0 radical (unpaired) electrons. The molecule has 2 aliphatic carbocycles. The number of halogens is 3. The van der Waals surface area contributed by atoms with E-state index in [4.69, 9.17) is 5.73 Å². The number of hydrogen-bond acceptors (Lipinski definition) is 5. The molecule has 5 rings (SSSR count). The number of anilines is 1. The number of carboxylic acids is 1. The average Bonchev–Trinajstić information content (AvgIpc) is 3.09. The molecule has 0 amide bonds. The Morgan fingerprint density at radius 2 is 1.87 bits per heavy atom. The van der Waals surface area contributed by atoms with Gasteiger partial charge in [-0.3, -0.25) is 4.79 Å². The smallest absolute Gasteiger partial charge is 0.345 e. The Bertz CT molecular complexity index is 1120. The maximum atomic E-state index is 15.2. The number of carboxylic acid groups (broad SMARTS) is 1. The van der Waals surface area contributed by atoms with Gasteiger partial charge in [-0.1, -0.05) is 0 Å². The van der Waals surface area contributed by atoms with Gasteiger partial charge in [-0.05, 0) is 42.7 Å². The highest BCUT2D eigenvalue weighted by Gasteiger charge is 2.54. The van der Waals surface area contributed by atoms with E-state index in [-0.39, 0.29) is 47.4 Å². The van der Waals surface area contributed by atoms with E-state index in [0.717, 1.165) is 0 Å². The van der Waals surface area contributed by atoms with Gasteiger partial charge in [0.1, 0.15) is 5.75 Å². The van der Waals surface area contributed by atoms with Gasteiger partial charge in [-0.15, -0.1) is 12.4 Å². The van der Waals surface area contributed by atoms with E-state index in [0.29, 0.717) is 43.3 Å². The van der Waals surface area contributed by atoms with Crippen LogP contribution in [0.1, 0.15) is 27.9 Å². The van der Waals surface area contributed by atoms with E-state index in [1.54, 1.807) is 11.0 Å². The lowest BCUT2D eigenvalue weighted by Gasteiger charge is -2.24. The number of hydrogen-bond donors (Lipinski definition) is 4. The van der Waals surface area contributed by atoms with Crippen LogP contribution in [0.4, 0.5) is 14.5 Å². The van der Waals surface area contributed by atoms with Crippen molar-refractivity contribution in [3.8, 4) is 17.0 Å². The second-order valence-corrected chi connectivity index (χ2v) is 8.06. The normalized spacial score (nSPS) is 23.7. The number of H-pyrrole nitrogens is 1. The molecule has 7 nitrogen and oxygen atoms in total. The van der Waals surface area contributed by atoms with Gasteiger partial charge < -0.3 is 25.8 Å². The highest BCUT2D eigenvalue weighted by molar-refractivity contribution is 5.92. The van der Waals surface area contributed by atoms with Gasteiger partial charge in [0.15, 0.2) is 17.2 Å². The first-order chi connectivity index (χ1) is 13.8. The maximum Gasteiger partial charge on any atom is 0.345 e. The summed E-state index contributed by atoms with van der Waals surface area (Å²) in [6.07, 6.45) is 1.11. The summed E-state index contributed by atoms with van der Waals surface area (Å²) in [4.78, 5) is 27.6. The molecule has 1 saturated carbocycles. The first-order valence-corrected chi connectivity index (χ1v) is 9.52. The monoisotopic (exact) mass is 439 g/mol. The largest absolute Gasteiger partial charge is 0.506 e. The van der Waals surface area contributed by atoms with Crippen LogP contribution in [0.5, 0.6) is 5.75 Å². The summed E-state index contributed by atoms with van der Waals surface area (Å²) in [6, 6.07) is 1.72. The molecule has 1 unspecified atom stereocenters. The summed E-state index contributed by atoms with van der Waals surface area (Å²) in [7, 11) is 0. The molecule has 10 heteroatoms. The van der Waals surface area contributed by atoms with Crippen molar-refractivity contribution >= 4 is 24.1 Å². The van der Waals surface area contributed by atoms with Crippen LogP contribution in [-0.4, -0.2) is 40.3 Å². The third kappa shape index (κ3) is 2.79. The number of pyridine rings is 1. The number of aromatic nitrogens is 1. The molecular weight excluding hydrogens is 420 g/mol. The molecule has 2 aromatic rings. The Balaban J connectivity index is 0.00000218. The van der Waals surface area contributed by atoms with Crippen LogP contribution >= 0.6 is 12.4 Å². The van der Waals surface area contributed by atoms with E-state index in [1.807, 2.05) is 0 Å². The van der Waals surface area contributed by atoms with Crippen LogP contribution in [0.25, 0.3) is 11.3 Å². The van der Waals surface area contributed by atoms with Gasteiger partial charge >= 0.3 is 5.97 Å². The third-order valence-electron chi connectivity index (χ3n) is 6.50. The fraction of sp³-hybridized carbons (Fsp3) is 0.400.